The Morgan fingerprint density at radius 3 is 2.84 bits per heavy atom. The van der Waals surface area contributed by atoms with Gasteiger partial charge in [-0.3, -0.25) is 4.79 Å². The molecule has 3 unspecified atom stereocenters. The van der Waals surface area contributed by atoms with E-state index < -0.39 is 12.1 Å². The van der Waals surface area contributed by atoms with Crippen LogP contribution >= 0.6 is 0 Å². The highest BCUT2D eigenvalue weighted by Gasteiger charge is 2.51. The van der Waals surface area contributed by atoms with Crippen LogP contribution in [0.4, 0.5) is 0 Å². The minimum absolute atomic E-state index is 0.0748. The average Bonchev–Trinajstić information content (AvgIpc) is 3.17. The van der Waals surface area contributed by atoms with Gasteiger partial charge in [0.25, 0.3) is 0 Å². The van der Waals surface area contributed by atoms with Crippen LogP contribution in [0, 0.1) is 23.7 Å². The SMILES string of the molecule is O=C(O)CCCON=C1C[C@H]2C(O)C(C=CC(O)C3CCCC3)C[C@H]12. The molecule has 0 bridgehead atoms. The molecule has 25 heavy (non-hydrogen) atoms. The second-order valence-electron chi connectivity index (χ2n) is 7.70. The average molecular weight is 351 g/mol. The summed E-state index contributed by atoms with van der Waals surface area (Å²) in [5.41, 5.74) is 0.978. The van der Waals surface area contributed by atoms with Crippen molar-refractivity contribution >= 4 is 11.7 Å². The summed E-state index contributed by atoms with van der Waals surface area (Å²) in [6, 6.07) is 0. The number of hydrogen-bond acceptors (Lipinski definition) is 5. The first-order valence-electron chi connectivity index (χ1n) is 9.51. The van der Waals surface area contributed by atoms with Gasteiger partial charge in [-0.1, -0.05) is 30.1 Å². The number of carboxylic acid groups (broad SMARTS) is 1. The van der Waals surface area contributed by atoms with Crippen molar-refractivity contribution in [2.75, 3.05) is 6.61 Å². The van der Waals surface area contributed by atoms with E-state index in [1.54, 1.807) is 0 Å². The number of oxime groups is 1. The Kier molecular flexibility index (Phi) is 6.12. The fraction of sp³-hybridized carbons (Fsp3) is 0.789. The second kappa shape index (κ2) is 8.32. The Hall–Kier alpha value is -1.40. The Balaban J connectivity index is 1.44. The van der Waals surface area contributed by atoms with Crippen molar-refractivity contribution in [3.05, 3.63) is 12.2 Å². The number of fused-ring (bicyclic) bond motifs is 1. The molecular weight excluding hydrogens is 322 g/mol. The van der Waals surface area contributed by atoms with E-state index >= 15 is 0 Å². The first kappa shape index (κ1) is 18.4. The van der Waals surface area contributed by atoms with E-state index in [-0.39, 0.29) is 30.3 Å². The number of rotatable bonds is 8. The zero-order valence-electron chi connectivity index (χ0n) is 14.6. The number of aliphatic hydroxyl groups excluding tert-OH is 2. The van der Waals surface area contributed by atoms with Gasteiger partial charge in [-0.15, -0.1) is 0 Å². The van der Waals surface area contributed by atoms with Crippen LogP contribution in [0.5, 0.6) is 0 Å². The van der Waals surface area contributed by atoms with Gasteiger partial charge < -0.3 is 20.2 Å². The van der Waals surface area contributed by atoms with Gasteiger partial charge in [0.15, 0.2) is 0 Å². The molecule has 0 aromatic rings. The van der Waals surface area contributed by atoms with Gasteiger partial charge in [0, 0.05) is 18.3 Å². The van der Waals surface area contributed by atoms with Crippen LogP contribution in [-0.2, 0) is 9.63 Å². The van der Waals surface area contributed by atoms with Crippen LogP contribution in [0.15, 0.2) is 17.3 Å². The maximum atomic E-state index is 10.5. The summed E-state index contributed by atoms with van der Waals surface area (Å²) in [6.45, 7) is 0.312. The maximum absolute atomic E-state index is 10.5. The van der Waals surface area contributed by atoms with Crippen LogP contribution in [0.2, 0.25) is 0 Å². The number of nitrogens with zero attached hydrogens (tertiary/aromatic N) is 1. The topological polar surface area (TPSA) is 99.4 Å². The van der Waals surface area contributed by atoms with Crippen molar-refractivity contribution in [2.24, 2.45) is 28.8 Å². The van der Waals surface area contributed by atoms with Crippen molar-refractivity contribution in [1.29, 1.82) is 0 Å². The van der Waals surface area contributed by atoms with Crippen LogP contribution in [-0.4, -0.2) is 45.8 Å². The summed E-state index contributed by atoms with van der Waals surface area (Å²) in [6.07, 6.45) is 9.86. The molecule has 0 radical (unpaired) electrons. The van der Waals surface area contributed by atoms with Gasteiger partial charge in [0.1, 0.15) is 6.61 Å². The zero-order valence-corrected chi connectivity index (χ0v) is 14.6. The summed E-state index contributed by atoms with van der Waals surface area (Å²) >= 11 is 0. The lowest BCUT2D eigenvalue weighted by atomic mass is 9.73. The molecule has 0 aromatic heterocycles. The molecule has 0 spiro atoms. The standard InChI is InChI=1S/C19H29NO5/c21-17(12-4-1-2-5-12)8-7-13-10-14-15(19(13)24)11-16(14)20-25-9-3-6-18(22)23/h7-8,12-15,17,19,21,24H,1-6,9-11H2,(H,22,23)/t13?,14-,15+,17?,19?/m0/s1. The minimum atomic E-state index is -0.826. The van der Waals surface area contributed by atoms with Gasteiger partial charge in [-0.2, -0.15) is 0 Å². The monoisotopic (exact) mass is 351 g/mol. The highest BCUT2D eigenvalue weighted by atomic mass is 16.6. The Labute approximate surface area is 148 Å². The number of aliphatic carboxylic acids is 1. The molecule has 140 valence electrons. The molecule has 6 heteroatoms. The number of hydrogen-bond donors (Lipinski definition) is 3. The quantitative estimate of drug-likeness (QED) is 0.354. The van der Waals surface area contributed by atoms with Crippen molar-refractivity contribution in [2.45, 2.75) is 63.6 Å². The lowest BCUT2D eigenvalue weighted by Crippen LogP contribution is -2.38. The zero-order chi connectivity index (χ0) is 17.8. The molecule has 6 nitrogen and oxygen atoms in total. The lowest BCUT2D eigenvalue weighted by molar-refractivity contribution is -0.137. The van der Waals surface area contributed by atoms with Gasteiger partial charge in [-0.05, 0) is 43.9 Å². The van der Waals surface area contributed by atoms with E-state index in [4.69, 9.17) is 9.94 Å². The minimum Gasteiger partial charge on any atom is -0.481 e. The van der Waals surface area contributed by atoms with Crippen molar-refractivity contribution < 1.29 is 25.0 Å². The third-order valence-corrected chi connectivity index (χ3v) is 6.04. The highest BCUT2D eigenvalue weighted by molar-refractivity contribution is 5.93. The molecular formula is C19H29NO5. The fourth-order valence-electron chi connectivity index (χ4n) is 4.47. The highest BCUT2D eigenvalue weighted by Crippen LogP contribution is 2.48. The summed E-state index contributed by atoms with van der Waals surface area (Å²) in [4.78, 5) is 15.7. The molecule has 5 atom stereocenters. The van der Waals surface area contributed by atoms with E-state index in [9.17, 15) is 15.0 Å². The molecule has 0 aromatic carbocycles. The number of aliphatic hydroxyl groups is 2. The molecule has 0 amide bonds. The van der Waals surface area contributed by atoms with Crippen LogP contribution in [0.25, 0.3) is 0 Å². The molecule has 3 saturated carbocycles. The molecule has 3 rings (SSSR count). The Bertz CT molecular complexity index is 526. The number of carboxylic acids is 1. The molecule has 0 aliphatic heterocycles. The molecule has 3 N–H and O–H groups in total. The molecule has 3 aliphatic rings. The second-order valence-corrected chi connectivity index (χ2v) is 7.70. The molecule has 0 saturated heterocycles. The molecule has 3 aliphatic carbocycles. The predicted molar refractivity (Wildman–Crippen MR) is 93.1 cm³/mol. The summed E-state index contributed by atoms with van der Waals surface area (Å²) in [5.74, 6) is 0.120. The van der Waals surface area contributed by atoms with Gasteiger partial charge >= 0.3 is 5.97 Å². The normalized spacial score (nSPS) is 35.0. The molecule has 3 fully saturated rings. The van der Waals surface area contributed by atoms with E-state index in [1.165, 1.54) is 12.8 Å². The summed E-state index contributed by atoms with van der Waals surface area (Å²) in [5, 5.41) is 33.4. The Morgan fingerprint density at radius 1 is 1.36 bits per heavy atom. The first-order valence-corrected chi connectivity index (χ1v) is 9.51. The van der Waals surface area contributed by atoms with Crippen molar-refractivity contribution in [3.63, 3.8) is 0 Å². The van der Waals surface area contributed by atoms with Gasteiger partial charge in [-0.25, -0.2) is 0 Å². The first-order chi connectivity index (χ1) is 12.1. The van der Waals surface area contributed by atoms with Crippen molar-refractivity contribution in [1.82, 2.24) is 0 Å². The van der Waals surface area contributed by atoms with E-state index in [0.717, 1.165) is 31.4 Å². The van der Waals surface area contributed by atoms with Crippen molar-refractivity contribution in [3.8, 4) is 0 Å². The largest absolute Gasteiger partial charge is 0.481 e. The van der Waals surface area contributed by atoms with E-state index in [2.05, 4.69) is 5.16 Å². The predicted octanol–water partition coefficient (Wildman–Crippen LogP) is 2.35. The summed E-state index contributed by atoms with van der Waals surface area (Å²) < 4.78 is 0. The third kappa shape index (κ3) is 4.42. The molecule has 0 heterocycles. The van der Waals surface area contributed by atoms with Crippen LogP contribution < -0.4 is 0 Å². The van der Waals surface area contributed by atoms with Crippen LogP contribution in [0.3, 0.4) is 0 Å². The lowest BCUT2D eigenvalue weighted by Gasteiger charge is -2.33. The Morgan fingerprint density at radius 2 is 2.12 bits per heavy atom. The summed E-state index contributed by atoms with van der Waals surface area (Å²) in [7, 11) is 0. The van der Waals surface area contributed by atoms with E-state index in [1.807, 2.05) is 12.2 Å². The number of carbonyl (C=O) groups is 1. The van der Waals surface area contributed by atoms with Gasteiger partial charge in [0.05, 0.1) is 17.9 Å². The van der Waals surface area contributed by atoms with Gasteiger partial charge in [0.2, 0.25) is 0 Å². The smallest absolute Gasteiger partial charge is 0.303 e. The fourth-order valence-corrected chi connectivity index (χ4v) is 4.47. The van der Waals surface area contributed by atoms with E-state index in [0.29, 0.717) is 18.9 Å². The maximum Gasteiger partial charge on any atom is 0.303 e. The van der Waals surface area contributed by atoms with Crippen LogP contribution in [0.1, 0.15) is 51.4 Å². The third-order valence-electron chi connectivity index (χ3n) is 6.04.